The lowest BCUT2D eigenvalue weighted by Gasteiger charge is -2.41. The first-order chi connectivity index (χ1) is 15.6. The Morgan fingerprint density at radius 3 is 2.48 bits per heavy atom. The highest BCUT2D eigenvalue weighted by Crippen LogP contribution is 2.48. The third-order valence-corrected chi connectivity index (χ3v) is 6.52. The summed E-state index contributed by atoms with van der Waals surface area (Å²) in [4.78, 5) is 43.1. The Balaban J connectivity index is 1.79. The summed E-state index contributed by atoms with van der Waals surface area (Å²) in [6.07, 6.45) is 2.78. The van der Waals surface area contributed by atoms with Crippen molar-refractivity contribution in [2.45, 2.75) is 59.3 Å². The quantitative estimate of drug-likeness (QED) is 0.469. The van der Waals surface area contributed by atoms with Gasteiger partial charge < -0.3 is 14.2 Å². The first-order valence-corrected chi connectivity index (χ1v) is 11.5. The topological polar surface area (TPSA) is 91.3 Å². The Hall–Kier alpha value is -2.96. The van der Waals surface area contributed by atoms with E-state index in [9.17, 15) is 14.4 Å². The van der Waals surface area contributed by atoms with Crippen LogP contribution in [0.3, 0.4) is 0 Å². The molecule has 4 rings (SSSR count). The van der Waals surface area contributed by atoms with Gasteiger partial charge in [-0.25, -0.2) is 4.79 Å². The van der Waals surface area contributed by atoms with Crippen LogP contribution in [0.1, 0.15) is 64.9 Å². The number of aliphatic imine (C=N–C) groups is 1. The van der Waals surface area contributed by atoms with Crippen LogP contribution < -0.4 is 9.47 Å². The Kier molecular flexibility index (Phi) is 6.16. The van der Waals surface area contributed by atoms with Crippen LogP contribution in [0.5, 0.6) is 11.5 Å². The molecule has 2 atom stereocenters. The van der Waals surface area contributed by atoms with Crippen molar-refractivity contribution >= 4 is 23.4 Å². The van der Waals surface area contributed by atoms with Crippen LogP contribution in [0, 0.1) is 17.3 Å². The van der Waals surface area contributed by atoms with Gasteiger partial charge >= 0.3 is 11.9 Å². The molecule has 1 aliphatic heterocycles. The molecule has 2 aliphatic carbocycles. The van der Waals surface area contributed by atoms with E-state index in [-0.39, 0.29) is 23.1 Å². The highest BCUT2D eigenvalue weighted by atomic mass is 16.6. The number of esters is 2. The second-order valence-electron chi connectivity index (χ2n) is 9.87. The maximum atomic E-state index is 13.3. The van der Waals surface area contributed by atoms with Gasteiger partial charge in [0.25, 0.3) is 0 Å². The molecule has 0 bridgehead atoms. The number of carbonyl (C=O) groups excluding carboxylic acids is 3. The van der Waals surface area contributed by atoms with E-state index in [1.165, 1.54) is 7.11 Å². The van der Waals surface area contributed by atoms with Crippen molar-refractivity contribution in [3.05, 3.63) is 35.0 Å². The van der Waals surface area contributed by atoms with Gasteiger partial charge in [0.2, 0.25) is 0 Å². The zero-order valence-electron chi connectivity index (χ0n) is 19.9. The first-order valence-electron chi connectivity index (χ1n) is 11.5. The van der Waals surface area contributed by atoms with Crippen molar-refractivity contribution in [3.63, 3.8) is 0 Å². The average Bonchev–Trinajstić information content (AvgIpc) is 3.58. The lowest BCUT2D eigenvalue weighted by molar-refractivity contribution is -0.137. The fourth-order valence-electron chi connectivity index (χ4n) is 4.91. The number of hydrogen-bond donors (Lipinski definition) is 0. The third-order valence-electron chi connectivity index (χ3n) is 6.52. The SMILES string of the molecule is CCOc1cc([C@@H]2C(C(=O)OC)=C(C)N=C3CC(C)(C)CC(=O)C32)ccc1OC(=O)C1CC1. The van der Waals surface area contributed by atoms with Gasteiger partial charge in [-0.1, -0.05) is 19.9 Å². The fourth-order valence-corrected chi connectivity index (χ4v) is 4.91. The van der Waals surface area contributed by atoms with Crippen LogP contribution in [0.15, 0.2) is 34.5 Å². The van der Waals surface area contributed by atoms with E-state index in [2.05, 4.69) is 13.8 Å². The smallest absolute Gasteiger partial charge is 0.336 e. The largest absolute Gasteiger partial charge is 0.490 e. The lowest BCUT2D eigenvalue weighted by Crippen LogP contribution is -2.44. The normalized spacial score (nSPS) is 24.0. The molecule has 33 heavy (non-hydrogen) atoms. The Morgan fingerprint density at radius 2 is 1.85 bits per heavy atom. The molecule has 0 spiro atoms. The minimum Gasteiger partial charge on any atom is -0.490 e. The zero-order valence-corrected chi connectivity index (χ0v) is 19.9. The summed E-state index contributed by atoms with van der Waals surface area (Å²) >= 11 is 0. The van der Waals surface area contributed by atoms with E-state index in [0.29, 0.717) is 42.2 Å². The van der Waals surface area contributed by atoms with E-state index in [1.807, 2.05) is 6.92 Å². The molecule has 0 saturated heterocycles. The average molecular weight is 454 g/mol. The van der Waals surface area contributed by atoms with Crippen molar-refractivity contribution in [2.24, 2.45) is 22.2 Å². The summed E-state index contributed by atoms with van der Waals surface area (Å²) in [7, 11) is 1.33. The maximum Gasteiger partial charge on any atom is 0.336 e. The molecule has 3 aliphatic rings. The first kappa shape index (κ1) is 23.2. The van der Waals surface area contributed by atoms with Gasteiger partial charge in [-0.05, 0) is 56.2 Å². The van der Waals surface area contributed by atoms with Gasteiger partial charge in [-0.2, -0.15) is 0 Å². The van der Waals surface area contributed by atoms with E-state index >= 15 is 0 Å². The van der Waals surface area contributed by atoms with Crippen LogP contribution in [-0.4, -0.2) is 37.2 Å². The number of benzene rings is 1. The monoisotopic (exact) mass is 453 g/mol. The third kappa shape index (κ3) is 4.59. The van der Waals surface area contributed by atoms with Gasteiger partial charge in [-0.15, -0.1) is 0 Å². The van der Waals surface area contributed by atoms with Crippen molar-refractivity contribution in [2.75, 3.05) is 13.7 Å². The number of ketones is 1. The van der Waals surface area contributed by atoms with Gasteiger partial charge in [0.15, 0.2) is 11.5 Å². The minimum atomic E-state index is -0.541. The van der Waals surface area contributed by atoms with Crippen LogP contribution in [0.4, 0.5) is 0 Å². The van der Waals surface area contributed by atoms with Gasteiger partial charge in [0.1, 0.15) is 5.78 Å². The summed E-state index contributed by atoms with van der Waals surface area (Å²) in [6.45, 7) is 8.13. The molecule has 0 N–H and O–H groups in total. The molecule has 0 amide bonds. The molecule has 176 valence electrons. The summed E-state index contributed by atoms with van der Waals surface area (Å²) in [5.41, 5.74) is 2.29. The van der Waals surface area contributed by atoms with Crippen LogP contribution in [-0.2, 0) is 19.1 Å². The van der Waals surface area contributed by atoms with Crippen molar-refractivity contribution in [1.29, 1.82) is 0 Å². The molecule has 0 radical (unpaired) electrons. The molecule has 2 fully saturated rings. The van der Waals surface area contributed by atoms with E-state index in [0.717, 1.165) is 24.1 Å². The molecule has 2 saturated carbocycles. The lowest BCUT2D eigenvalue weighted by atomic mass is 9.63. The maximum absolute atomic E-state index is 13.3. The summed E-state index contributed by atoms with van der Waals surface area (Å²) in [5.74, 6) is -1.06. The number of fused-ring (bicyclic) bond motifs is 1. The van der Waals surface area contributed by atoms with Crippen molar-refractivity contribution in [3.8, 4) is 11.5 Å². The number of ether oxygens (including phenoxy) is 3. The molecule has 0 aromatic heterocycles. The fraction of sp³-hybridized carbons (Fsp3) is 0.538. The van der Waals surface area contributed by atoms with Gasteiger partial charge in [0, 0.05) is 23.7 Å². The molecule has 7 nitrogen and oxygen atoms in total. The molecule has 7 heteroatoms. The van der Waals surface area contributed by atoms with E-state index in [1.54, 1.807) is 25.1 Å². The number of Topliss-reactive ketones (excluding diaryl/α,β-unsaturated/α-hetero) is 1. The van der Waals surface area contributed by atoms with E-state index < -0.39 is 17.8 Å². The molecule has 1 aromatic rings. The van der Waals surface area contributed by atoms with Crippen LogP contribution in [0.2, 0.25) is 0 Å². The number of nitrogens with zero attached hydrogens (tertiary/aromatic N) is 1. The number of carbonyl (C=O) groups is 3. The zero-order chi connectivity index (χ0) is 23.9. The van der Waals surface area contributed by atoms with Gasteiger partial charge in [-0.3, -0.25) is 14.6 Å². The number of rotatable bonds is 6. The Labute approximate surface area is 194 Å². The standard InChI is InChI=1S/C26H31NO6/c1-6-32-20-11-16(9-10-19(20)33-24(29)15-7-8-15)22-21(25(30)31-5)14(2)27-17-12-26(3,4)13-18(28)23(17)22/h9-11,15,22-23H,6-8,12-13H2,1-5H3/t22-,23?/m1/s1. The predicted octanol–water partition coefficient (Wildman–Crippen LogP) is 4.39. The molecule has 1 aromatic carbocycles. The second-order valence-corrected chi connectivity index (χ2v) is 9.87. The highest BCUT2D eigenvalue weighted by Gasteiger charge is 2.47. The summed E-state index contributed by atoms with van der Waals surface area (Å²) < 4.78 is 16.4. The van der Waals surface area contributed by atoms with Crippen molar-refractivity contribution in [1.82, 2.24) is 0 Å². The van der Waals surface area contributed by atoms with Gasteiger partial charge in [0.05, 0.1) is 31.1 Å². The number of allylic oxidation sites excluding steroid dienone is 1. The predicted molar refractivity (Wildman–Crippen MR) is 122 cm³/mol. The molecular formula is C26H31NO6. The van der Waals surface area contributed by atoms with Crippen LogP contribution in [0.25, 0.3) is 0 Å². The van der Waals surface area contributed by atoms with Crippen LogP contribution >= 0.6 is 0 Å². The number of hydrogen-bond acceptors (Lipinski definition) is 7. The summed E-state index contributed by atoms with van der Waals surface area (Å²) in [5, 5.41) is 0. The van der Waals surface area contributed by atoms with E-state index in [4.69, 9.17) is 19.2 Å². The number of methoxy groups -OCH3 is 1. The summed E-state index contributed by atoms with van der Waals surface area (Å²) in [6, 6.07) is 5.26. The minimum absolute atomic E-state index is 0.0454. The molecule has 1 unspecified atom stereocenters. The molecule has 1 heterocycles. The Bertz CT molecular complexity index is 1060. The highest BCUT2D eigenvalue weighted by molar-refractivity contribution is 6.12. The van der Waals surface area contributed by atoms with Crippen molar-refractivity contribution < 1.29 is 28.6 Å². The Morgan fingerprint density at radius 1 is 1.12 bits per heavy atom. The molecular weight excluding hydrogens is 422 g/mol. The second kappa shape index (κ2) is 8.76.